The molecule has 0 radical (unpaired) electrons. The molecule has 0 bridgehead atoms. The zero-order valence-electron chi connectivity index (χ0n) is 11.9. The number of benzene rings is 2. The summed E-state index contributed by atoms with van der Waals surface area (Å²) in [5, 5.41) is 8.64. The van der Waals surface area contributed by atoms with Crippen LogP contribution in [0.2, 0.25) is 0 Å². The molecular formula is C16H12F4O3. The van der Waals surface area contributed by atoms with Gasteiger partial charge in [-0.2, -0.15) is 13.2 Å². The van der Waals surface area contributed by atoms with Gasteiger partial charge in [-0.1, -0.05) is 11.6 Å². The van der Waals surface area contributed by atoms with Crippen molar-refractivity contribution in [2.24, 2.45) is 0 Å². The van der Waals surface area contributed by atoms with E-state index in [1.54, 1.807) is 6.92 Å². The Bertz CT molecular complexity index is 739. The second kappa shape index (κ2) is 6.28. The van der Waals surface area contributed by atoms with Crippen LogP contribution in [-0.2, 0) is 11.0 Å². The van der Waals surface area contributed by atoms with Gasteiger partial charge in [-0.25, -0.2) is 9.18 Å². The molecule has 0 heterocycles. The van der Waals surface area contributed by atoms with Crippen molar-refractivity contribution in [1.29, 1.82) is 0 Å². The van der Waals surface area contributed by atoms with Gasteiger partial charge in [0.15, 0.2) is 6.61 Å². The normalized spacial score (nSPS) is 11.3. The van der Waals surface area contributed by atoms with Gasteiger partial charge in [0.05, 0.1) is 5.56 Å². The quantitative estimate of drug-likeness (QED) is 0.852. The van der Waals surface area contributed by atoms with Gasteiger partial charge in [-0.05, 0) is 37.3 Å². The van der Waals surface area contributed by atoms with Gasteiger partial charge in [0.2, 0.25) is 0 Å². The minimum absolute atomic E-state index is 0.0866. The molecule has 0 saturated heterocycles. The average molecular weight is 328 g/mol. The Balaban J connectivity index is 2.60. The fourth-order valence-electron chi connectivity index (χ4n) is 2.03. The Morgan fingerprint density at radius 3 is 2.43 bits per heavy atom. The van der Waals surface area contributed by atoms with Crippen molar-refractivity contribution in [3.05, 3.63) is 53.3 Å². The number of carbonyl (C=O) groups is 1. The number of alkyl halides is 3. The largest absolute Gasteiger partial charge is 0.481 e. The van der Waals surface area contributed by atoms with Crippen molar-refractivity contribution in [2.45, 2.75) is 13.1 Å². The predicted molar refractivity (Wildman–Crippen MR) is 74.7 cm³/mol. The average Bonchev–Trinajstić information content (AvgIpc) is 2.46. The summed E-state index contributed by atoms with van der Waals surface area (Å²) in [5.74, 6) is -2.15. The predicted octanol–water partition coefficient (Wildman–Crippen LogP) is 4.28. The molecule has 0 unspecified atom stereocenters. The van der Waals surface area contributed by atoms with E-state index < -0.39 is 30.1 Å². The Kier molecular flexibility index (Phi) is 4.58. The topological polar surface area (TPSA) is 46.5 Å². The van der Waals surface area contributed by atoms with Gasteiger partial charge in [0.1, 0.15) is 11.6 Å². The van der Waals surface area contributed by atoms with Crippen LogP contribution in [0.4, 0.5) is 17.6 Å². The summed E-state index contributed by atoms with van der Waals surface area (Å²) in [6.45, 7) is 0.917. The molecule has 7 heteroatoms. The number of rotatable bonds is 4. The monoisotopic (exact) mass is 328 g/mol. The van der Waals surface area contributed by atoms with Crippen molar-refractivity contribution in [3.63, 3.8) is 0 Å². The van der Waals surface area contributed by atoms with Gasteiger partial charge in [-0.15, -0.1) is 0 Å². The van der Waals surface area contributed by atoms with E-state index in [0.717, 1.165) is 24.3 Å². The molecule has 3 nitrogen and oxygen atoms in total. The summed E-state index contributed by atoms with van der Waals surface area (Å²) in [6, 6.07) is 6.47. The fourth-order valence-corrected chi connectivity index (χ4v) is 2.03. The van der Waals surface area contributed by atoms with Crippen LogP contribution >= 0.6 is 0 Å². The summed E-state index contributed by atoms with van der Waals surface area (Å²) < 4.78 is 57.6. The molecule has 2 aromatic carbocycles. The van der Waals surface area contributed by atoms with E-state index in [1.807, 2.05) is 0 Å². The highest BCUT2D eigenvalue weighted by Gasteiger charge is 2.31. The van der Waals surface area contributed by atoms with Crippen LogP contribution in [0.5, 0.6) is 5.75 Å². The van der Waals surface area contributed by atoms with Crippen molar-refractivity contribution < 1.29 is 32.2 Å². The van der Waals surface area contributed by atoms with Crippen LogP contribution in [-0.4, -0.2) is 17.7 Å². The number of halogens is 4. The van der Waals surface area contributed by atoms with Crippen LogP contribution in [0.1, 0.15) is 11.1 Å². The molecule has 0 aliphatic heterocycles. The maximum atomic E-state index is 14.0. The fraction of sp³-hybridized carbons (Fsp3) is 0.188. The zero-order valence-corrected chi connectivity index (χ0v) is 11.9. The van der Waals surface area contributed by atoms with Gasteiger partial charge < -0.3 is 9.84 Å². The summed E-state index contributed by atoms with van der Waals surface area (Å²) in [6.07, 6.45) is -4.61. The Morgan fingerprint density at radius 1 is 1.13 bits per heavy atom. The molecule has 0 aromatic heterocycles. The van der Waals surface area contributed by atoms with E-state index in [1.165, 1.54) is 12.1 Å². The SMILES string of the molecule is Cc1ccc(F)c(-c2cc(C(F)(F)F)ccc2OCC(=O)O)c1. The van der Waals surface area contributed by atoms with E-state index in [0.29, 0.717) is 5.56 Å². The summed E-state index contributed by atoms with van der Waals surface area (Å²) >= 11 is 0. The molecule has 2 aromatic rings. The Labute approximate surface area is 129 Å². The van der Waals surface area contributed by atoms with Gasteiger partial charge in [0, 0.05) is 11.1 Å². The lowest BCUT2D eigenvalue weighted by Gasteiger charge is -2.15. The number of ether oxygens (including phenoxy) is 1. The summed E-state index contributed by atoms with van der Waals surface area (Å²) in [5.41, 5.74) is -0.571. The molecule has 0 aliphatic carbocycles. The van der Waals surface area contributed by atoms with Crippen LogP contribution in [0, 0.1) is 12.7 Å². The van der Waals surface area contributed by atoms with Crippen molar-refractivity contribution in [2.75, 3.05) is 6.61 Å². The number of carboxylic acid groups (broad SMARTS) is 1. The molecule has 2 rings (SSSR count). The molecule has 23 heavy (non-hydrogen) atoms. The molecule has 0 amide bonds. The van der Waals surface area contributed by atoms with E-state index in [9.17, 15) is 22.4 Å². The summed E-state index contributed by atoms with van der Waals surface area (Å²) in [4.78, 5) is 10.6. The molecule has 122 valence electrons. The van der Waals surface area contributed by atoms with Gasteiger partial charge >= 0.3 is 12.1 Å². The first-order valence-corrected chi connectivity index (χ1v) is 6.51. The standard InChI is InChI=1S/C16H12F4O3/c1-9-2-4-13(17)11(6-9)12-7-10(16(18,19)20)3-5-14(12)23-8-15(21)22/h2-7H,8H2,1H3,(H,21,22). The number of hydrogen-bond donors (Lipinski definition) is 1. The second-order valence-corrected chi connectivity index (χ2v) is 4.87. The highest BCUT2D eigenvalue weighted by molar-refractivity contribution is 5.74. The molecule has 0 saturated carbocycles. The highest BCUT2D eigenvalue weighted by atomic mass is 19.4. The third-order valence-electron chi connectivity index (χ3n) is 3.07. The minimum atomic E-state index is -4.61. The van der Waals surface area contributed by atoms with E-state index in [-0.39, 0.29) is 16.9 Å². The van der Waals surface area contributed by atoms with Crippen molar-refractivity contribution in [3.8, 4) is 16.9 Å². The Morgan fingerprint density at radius 2 is 1.83 bits per heavy atom. The van der Waals surface area contributed by atoms with Gasteiger partial charge in [0.25, 0.3) is 0 Å². The van der Waals surface area contributed by atoms with Crippen LogP contribution in [0.3, 0.4) is 0 Å². The smallest absolute Gasteiger partial charge is 0.416 e. The van der Waals surface area contributed by atoms with Crippen LogP contribution < -0.4 is 4.74 Å². The van der Waals surface area contributed by atoms with E-state index in [4.69, 9.17) is 9.84 Å². The maximum Gasteiger partial charge on any atom is 0.416 e. The second-order valence-electron chi connectivity index (χ2n) is 4.87. The number of hydrogen-bond acceptors (Lipinski definition) is 2. The summed E-state index contributed by atoms with van der Waals surface area (Å²) in [7, 11) is 0. The molecular weight excluding hydrogens is 316 g/mol. The lowest BCUT2D eigenvalue weighted by atomic mass is 9.99. The zero-order chi connectivity index (χ0) is 17.2. The lowest BCUT2D eigenvalue weighted by Crippen LogP contribution is -2.11. The first-order valence-electron chi connectivity index (χ1n) is 6.51. The molecule has 0 aliphatic rings. The third-order valence-corrected chi connectivity index (χ3v) is 3.07. The third kappa shape index (κ3) is 4.00. The first-order chi connectivity index (χ1) is 10.7. The van der Waals surface area contributed by atoms with Crippen molar-refractivity contribution >= 4 is 5.97 Å². The molecule has 0 fully saturated rings. The van der Waals surface area contributed by atoms with Crippen molar-refractivity contribution in [1.82, 2.24) is 0 Å². The van der Waals surface area contributed by atoms with E-state index in [2.05, 4.69) is 0 Å². The molecule has 0 atom stereocenters. The van der Waals surface area contributed by atoms with Gasteiger partial charge in [-0.3, -0.25) is 0 Å². The first kappa shape index (κ1) is 16.8. The maximum absolute atomic E-state index is 14.0. The number of aryl methyl sites for hydroxylation is 1. The number of aliphatic carboxylic acids is 1. The molecule has 0 spiro atoms. The van der Waals surface area contributed by atoms with Crippen LogP contribution in [0.15, 0.2) is 36.4 Å². The lowest BCUT2D eigenvalue weighted by molar-refractivity contribution is -0.140. The Hall–Kier alpha value is -2.57. The van der Waals surface area contributed by atoms with E-state index >= 15 is 0 Å². The highest BCUT2D eigenvalue weighted by Crippen LogP contribution is 2.38. The molecule has 1 N–H and O–H groups in total. The minimum Gasteiger partial charge on any atom is -0.481 e. The number of carboxylic acids is 1. The van der Waals surface area contributed by atoms with Crippen LogP contribution in [0.25, 0.3) is 11.1 Å².